The van der Waals surface area contributed by atoms with Gasteiger partial charge in [-0.25, -0.2) is 0 Å². The molecule has 0 spiro atoms. The van der Waals surface area contributed by atoms with Gasteiger partial charge in [0.25, 0.3) is 0 Å². The van der Waals surface area contributed by atoms with Crippen molar-refractivity contribution in [2.24, 2.45) is 0 Å². The first-order valence-corrected chi connectivity index (χ1v) is 10.1. The summed E-state index contributed by atoms with van der Waals surface area (Å²) in [6.45, 7) is 9.16. The Balaban J connectivity index is 1.63. The van der Waals surface area contributed by atoms with Crippen LogP contribution in [0.2, 0.25) is 0 Å². The van der Waals surface area contributed by atoms with Gasteiger partial charge in [-0.2, -0.15) is 5.06 Å². The molecule has 7 nitrogen and oxygen atoms in total. The van der Waals surface area contributed by atoms with E-state index in [1.54, 1.807) is 7.11 Å². The second-order valence-electron chi connectivity index (χ2n) is 8.54. The molecule has 2 saturated heterocycles. The Morgan fingerprint density at radius 3 is 2.38 bits per heavy atom. The van der Waals surface area contributed by atoms with E-state index in [4.69, 9.17) is 28.5 Å². The second kappa shape index (κ2) is 7.98. The van der Waals surface area contributed by atoms with E-state index in [1.165, 1.54) is 0 Å². The summed E-state index contributed by atoms with van der Waals surface area (Å²) in [6, 6.07) is 9.93. The van der Waals surface area contributed by atoms with Gasteiger partial charge in [0.2, 0.25) is 0 Å². The highest BCUT2D eigenvalue weighted by Gasteiger charge is 2.55. The van der Waals surface area contributed by atoms with E-state index < -0.39 is 11.6 Å². The number of methoxy groups -OCH3 is 1. The normalized spacial score (nSPS) is 34.2. The molecular formula is C22H31NO6. The van der Waals surface area contributed by atoms with E-state index in [2.05, 4.69) is 12.1 Å². The molecule has 3 aliphatic heterocycles. The monoisotopic (exact) mass is 405 g/mol. The predicted octanol–water partition coefficient (Wildman–Crippen LogP) is 3.00. The minimum atomic E-state index is -0.750. The molecule has 7 heteroatoms. The lowest BCUT2D eigenvalue weighted by atomic mass is 9.98. The van der Waals surface area contributed by atoms with Crippen molar-refractivity contribution in [2.45, 2.75) is 70.2 Å². The second-order valence-corrected chi connectivity index (χ2v) is 8.54. The minimum Gasteiger partial charge on any atom is -0.499 e. The maximum absolute atomic E-state index is 6.38. The zero-order valence-electron chi connectivity index (χ0n) is 17.8. The van der Waals surface area contributed by atoms with Crippen molar-refractivity contribution < 1.29 is 28.5 Å². The molecule has 2 fully saturated rings. The first-order chi connectivity index (χ1) is 13.8. The Morgan fingerprint density at radius 1 is 1.00 bits per heavy atom. The van der Waals surface area contributed by atoms with Crippen molar-refractivity contribution in [3.8, 4) is 0 Å². The number of benzene rings is 1. The van der Waals surface area contributed by atoms with E-state index in [0.717, 1.165) is 11.3 Å². The molecule has 0 N–H and O–H groups in total. The van der Waals surface area contributed by atoms with Crippen LogP contribution in [0.4, 0.5) is 0 Å². The Morgan fingerprint density at radius 2 is 1.72 bits per heavy atom. The topological polar surface area (TPSA) is 58.6 Å². The molecule has 0 aromatic heterocycles. The van der Waals surface area contributed by atoms with Crippen LogP contribution in [0.25, 0.3) is 0 Å². The third-order valence-electron chi connectivity index (χ3n) is 5.42. The van der Waals surface area contributed by atoms with Gasteiger partial charge in [-0.1, -0.05) is 30.3 Å². The van der Waals surface area contributed by atoms with Crippen LogP contribution in [-0.2, 0) is 35.1 Å². The molecule has 1 aromatic carbocycles. The first-order valence-electron chi connectivity index (χ1n) is 10.1. The lowest BCUT2D eigenvalue weighted by Gasteiger charge is -2.39. The van der Waals surface area contributed by atoms with Crippen LogP contribution >= 0.6 is 0 Å². The van der Waals surface area contributed by atoms with Gasteiger partial charge in [0, 0.05) is 0 Å². The fraction of sp³-hybridized carbons (Fsp3) is 0.636. The number of ether oxygens (including phenoxy) is 5. The van der Waals surface area contributed by atoms with Crippen LogP contribution in [-0.4, -0.2) is 61.3 Å². The zero-order chi connectivity index (χ0) is 20.6. The molecule has 4 atom stereocenters. The molecule has 0 saturated carbocycles. The molecule has 0 aliphatic carbocycles. The van der Waals surface area contributed by atoms with E-state index in [9.17, 15) is 0 Å². The molecule has 160 valence electrons. The lowest BCUT2D eigenvalue weighted by Crippen LogP contribution is -2.53. The predicted molar refractivity (Wildman–Crippen MR) is 106 cm³/mol. The molecule has 0 unspecified atom stereocenters. The molecule has 1 aromatic rings. The van der Waals surface area contributed by atoms with E-state index in [-0.39, 0.29) is 24.4 Å². The summed E-state index contributed by atoms with van der Waals surface area (Å²) in [5, 5.41) is 1.93. The Kier molecular flexibility index (Phi) is 5.72. The molecule has 0 amide bonds. The number of nitrogens with zero attached hydrogens (tertiary/aromatic N) is 1. The maximum Gasteiger partial charge on any atom is 0.163 e. The zero-order valence-corrected chi connectivity index (χ0v) is 17.8. The summed E-state index contributed by atoms with van der Waals surface area (Å²) < 4.78 is 30.3. The van der Waals surface area contributed by atoms with Crippen LogP contribution < -0.4 is 0 Å². The number of hydrogen-bond donors (Lipinski definition) is 0. The van der Waals surface area contributed by atoms with Gasteiger partial charge in [0.15, 0.2) is 11.6 Å². The highest BCUT2D eigenvalue weighted by Crippen LogP contribution is 2.40. The molecule has 4 rings (SSSR count). The Hall–Kier alpha value is -1.48. The summed E-state index contributed by atoms with van der Waals surface area (Å²) in [6.07, 6.45) is 1.04. The summed E-state index contributed by atoms with van der Waals surface area (Å²) in [4.78, 5) is 6.03. The largest absolute Gasteiger partial charge is 0.499 e. The fourth-order valence-corrected chi connectivity index (χ4v) is 4.22. The van der Waals surface area contributed by atoms with Crippen LogP contribution in [0.5, 0.6) is 0 Å². The van der Waals surface area contributed by atoms with Crippen molar-refractivity contribution in [3.05, 3.63) is 47.7 Å². The Bertz CT molecular complexity index is 734. The summed E-state index contributed by atoms with van der Waals surface area (Å²) >= 11 is 0. The van der Waals surface area contributed by atoms with Gasteiger partial charge in [0.1, 0.15) is 30.1 Å². The van der Waals surface area contributed by atoms with Gasteiger partial charge in [-0.3, -0.25) is 4.84 Å². The van der Waals surface area contributed by atoms with Crippen LogP contribution in [0, 0.1) is 0 Å². The highest BCUT2D eigenvalue weighted by atomic mass is 16.8. The average molecular weight is 405 g/mol. The fourth-order valence-electron chi connectivity index (χ4n) is 4.22. The van der Waals surface area contributed by atoms with Crippen LogP contribution in [0.3, 0.4) is 0 Å². The molecule has 29 heavy (non-hydrogen) atoms. The quantitative estimate of drug-likeness (QED) is 0.746. The summed E-state index contributed by atoms with van der Waals surface area (Å²) in [5.41, 5.74) is 1.14. The molecule has 0 bridgehead atoms. The standard InChI is InChI=1S/C22H31NO6/c1-21(2)25-14-17(27-21)19-20(29-22(3,4)28-19)18-16(24-5)11-12-26-23(18)13-15-9-7-6-8-10-15/h6-11,17-20H,12-14H2,1-5H3/t17-,18-,19-,20-/m1/s1. The third-order valence-corrected chi connectivity index (χ3v) is 5.42. The SMILES string of the molecule is COC1=CCON(Cc2ccccc2)[C@H]1[C@H]1OC(C)(C)O[C@@H]1[C@H]1COC(C)(C)O1. The summed E-state index contributed by atoms with van der Waals surface area (Å²) in [7, 11) is 1.68. The third kappa shape index (κ3) is 4.50. The van der Waals surface area contributed by atoms with Crippen molar-refractivity contribution in [2.75, 3.05) is 20.3 Å². The van der Waals surface area contributed by atoms with E-state index in [0.29, 0.717) is 19.8 Å². The van der Waals surface area contributed by atoms with Crippen LogP contribution in [0.1, 0.15) is 33.3 Å². The summed E-state index contributed by atoms with van der Waals surface area (Å²) in [5.74, 6) is -0.584. The smallest absolute Gasteiger partial charge is 0.163 e. The minimum absolute atomic E-state index is 0.240. The molecule has 3 aliphatic rings. The Labute approximate surface area is 172 Å². The van der Waals surface area contributed by atoms with Gasteiger partial charge in [-0.05, 0) is 39.3 Å². The van der Waals surface area contributed by atoms with Gasteiger partial charge in [-0.15, -0.1) is 0 Å². The van der Waals surface area contributed by atoms with Gasteiger partial charge < -0.3 is 23.7 Å². The number of rotatable bonds is 5. The maximum atomic E-state index is 6.38. The van der Waals surface area contributed by atoms with Crippen molar-refractivity contribution in [1.29, 1.82) is 0 Å². The van der Waals surface area contributed by atoms with Crippen molar-refractivity contribution >= 4 is 0 Å². The lowest BCUT2D eigenvalue weighted by molar-refractivity contribution is -0.224. The number of hydrogen-bond acceptors (Lipinski definition) is 7. The molecule has 3 heterocycles. The molecule has 0 radical (unpaired) electrons. The van der Waals surface area contributed by atoms with E-state index in [1.807, 2.05) is 57.0 Å². The first kappa shape index (κ1) is 20.8. The van der Waals surface area contributed by atoms with Gasteiger partial charge in [0.05, 0.1) is 26.9 Å². The van der Waals surface area contributed by atoms with Crippen molar-refractivity contribution in [3.63, 3.8) is 0 Å². The van der Waals surface area contributed by atoms with Crippen LogP contribution in [0.15, 0.2) is 42.2 Å². The average Bonchev–Trinajstić information content (AvgIpc) is 3.20. The number of hydroxylamine groups is 2. The van der Waals surface area contributed by atoms with E-state index >= 15 is 0 Å². The van der Waals surface area contributed by atoms with Gasteiger partial charge >= 0.3 is 0 Å². The van der Waals surface area contributed by atoms with Crippen molar-refractivity contribution in [1.82, 2.24) is 5.06 Å². The highest BCUT2D eigenvalue weighted by molar-refractivity contribution is 5.17. The molecular weight excluding hydrogens is 374 g/mol.